The van der Waals surface area contributed by atoms with Crippen molar-refractivity contribution < 1.29 is 14.2 Å². The molecule has 4 rings (SSSR count). The molecule has 0 amide bonds. The molecule has 0 aliphatic rings. The molecule has 172 valence electrons. The van der Waals surface area contributed by atoms with Gasteiger partial charge in [-0.1, -0.05) is 74.2 Å². The maximum absolute atomic E-state index is 6.16. The second-order valence-corrected chi connectivity index (χ2v) is 8.19. The summed E-state index contributed by atoms with van der Waals surface area (Å²) in [6.07, 6.45) is 0.998. The second-order valence-electron chi connectivity index (χ2n) is 8.19. The maximum Gasteiger partial charge on any atom is 0.131 e. The number of hydrogen-bond acceptors (Lipinski definition) is 3. The van der Waals surface area contributed by atoms with E-state index in [1.54, 1.807) is 7.11 Å². The number of aryl methyl sites for hydroxylation is 2. The maximum atomic E-state index is 6.16. The van der Waals surface area contributed by atoms with E-state index in [1.165, 1.54) is 5.56 Å². The molecule has 0 aliphatic heterocycles. The van der Waals surface area contributed by atoms with E-state index >= 15 is 0 Å². The Morgan fingerprint density at radius 2 is 1.53 bits per heavy atom. The van der Waals surface area contributed by atoms with Crippen LogP contribution in [0.2, 0.25) is 0 Å². The Kier molecular flexibility index (Phi) is 7.34. The molecule has 0 fully saturated rings. The van der Waals surface area contributed by atoms with Gasteiger partial charge in [-0.15, -0.1) is 0 Å². The Morgan fingerprint density at radius 1 is 0.794 bits per heavy atom. The molecule has 3 nitrogen and oxygen atoms in total. The Labute approximate surface area is 202 Å². The molecule has 0 atom stereocenters. The van der Waals surface area contributed by atoms with Gasteiger partial charge in [-0.3, -0.25) is 0 Å². The minimum Gasteiger partial charge on any atom is -0.496 e. The van der Waals surface area contributed by atoms with Crippen molar-refractivity contribution in [2.75, 3.05) is 7.11 Å². The smallest absolute Gasteiger partial charge is 0.131 e. The first-order chi connectivity index (χ1) is 16.6. The van der Waals surface area contributed by atoms with Crippen LogP contribution in [0.25, 0.3) is 16.9 Å². The molecule has 4 aromatic rings. The normalized spacial score (nSPS) is 10.6. The topological polar surface area (TPSA) is 27.7 Å². The van der Waals surface area contributed by atoms with Crippen molar-refractivity contribution in [3.8, 4) is 28.4 Å². The lowest BCUT2D eigenvalue weighted by Gasteiger charge is -2.17. The summed E-state index contributed by atoms with van der Waals surface area (Å²) >= 11 is 0. The lowest BCUT2D eigenvalue weighted by Crippen LogP contribution is -2.00. The van der Waals surface area contributed by atoms with Gasteiger partial charge >= 0.3 is 0 Å². The van der Waals surface area contributed by atoms with E-state index in [0.29, 0.717) is 18.1 Å². The average molecular weight is 451 g/mol. The summed E-state index contributed by atoms with van der Waals surface area (Å²) in [7, 11) is 1.66. The quantitative estimate of drug-likeness (QED) is 0.243. The first-order valence-corrected chi connectivity index (χ1v) is 11.5. The number of benzene rings is 4. The Bertz CT molecular complexity index is 1260. The Morgan fingerprint density at radius 3 is 2.24 bits per heavy atom. The van der Waals surface area contributed by atoms with Crippen LogP contribution in [-0.4, -0.2) is 7.11 Å². The van der Waals surface area contributed by atoms with Crippen molar-refractivity contribution in [2.24, 2.45) is 0 Å². The lowest BCUT2D eigenvalue weighted by molar-refractivity contribution is 0.306. The van der Waals surface area contributed by atoms with Crippen LogP contribution in [0.15, 0.2) is 97.6 Å². The zero-order valence-electron chi connectivity index (χ0n) is 20.0. The number of methoxy groups -OCH3 is 1. The predicted octanol–water partition coefficient (Wildman–Crippen LogP) is 7.86. The summed E-state index contributed by atoms with van der Waals surface area (Å²) in [6, 6.07) is 30.6. The number of rotatable bonds is 9. The first-order valence-electron chi connectivity index (χ1n) is 11.5. The van der Waals surface area contributed by atoms with Gasteiger partial charge in [0.2, 0.25) is 0 Å². The van der Waals surface area contributed by atoms with Gasteiger partial charge in [0.25, 0.3) is 0 Å². The highest BCUT2D eigenvalue weighted by Crippen LogP contribution is 2.34. The molecule has 0 spiro atoms. The molecule has 0 aliphatic carbocycles. The lowest BCUT2D eigenvalue weighted by atomic mass is 9.97. The molecule has 0 bridgehead atoms. The predicted molar refractivity (Wildman–Crippen MR) is 139 cm³/mol. The molecule has 0 N–H and O–H groups in total. The highest BCUT2D eigenvalue weighted by Gasteiger charge is 2.13. The zero-order chi connectivity index (χ0) is 23.9. The van der Waals surface area contributed by atoms with Gasteiger partial charge in [0, 0.05) is 11.6 Å². The van der Waals surface area contributed by atoms with Crippen LogP contribution in [0, 0.1) is 6.92 Å². The van der Waals surface area contributed by atoms with E-state index in [1.807, 2.05) is 55.5 Å². The summed E-state index contributed by atoms with van der Waals surface area (Å²) in [5, 5.41) is 0. The van der Waals surface area contributed by atoms with Gasteiger partial charge in [0.05, 0.1) is 7.11 Å². The second kappa shape index (κ2) is 10.8. The first kappa shape index (κ1) is 23.2. The highest BCUT2D eigenvalue weighted by atomic mass is 16.5. The monoisotopic (exact) mass is 450 g/mol. The van der Waals surface area contributed by atoms with Crippen molar-refractivity contribution in [2.45, 2.75) is 26.9 Å². The van der Waals surface area contributed by atoms with Gasteiger partial charge in [-0.05, 0) is 65.4 Å². The van der Waals surface area contributed by atoms with E-state index in [-0.39, 0.29) is 0 Å². The Balaban J connectivity index is 1.65. The van der Waals surface area contributed by atoms with Crippen LogP contribution in [0.1, 0.15) is 29.2 Å². The van der Waals surface area contributed by atoms with Crippen LogP contribution in [-0.2, 0) is 13.0 Å². The van der Waals surface area contributed by atoms with Crippen LogP contribution in [0.4, 0.5) is 0 Å². The molecule has 4 aromatic carbocycles. The third-order valence-electron chi connectivity index (χ3n) is 5.83. The number of hydrogen-bond donors (Lipinski definition) is 0. The molecule has 3 heteroatoms. The Hall–Kier alpha value is -3.98. The van der Waals surface area contributed by atoms with Crippen molar-refractivity contribution in [1.82, 2.24) is 0 Å². The number of ether oxygens (including phenoxy) is 3. The van der Waals surface area contributed by atoms with Crippen molar-refractivity contribution in [3.63, 3.8) is 0 Å². The third-order valence-corrected chi connectivity index (χ3v) is 5.83. The molecule has 0 saturated heterocycles. The molecule has 0 unspecified atom stereocenters. The van der Waals surface area contributed by atoms with E-state index in [9.17, 15) is 0 Å². The summed E-state index contributed by atoms with van der Waals surface area (Å²) in [4.78, 5) is 0. The molecule has 0 saturated carbocycles. The van der Waals surface area contributed by atoms with E-state index < -0.39 is 0 Å². The zero-order valence-corrected chi connectivity index (χ0v) is 20.0. The molecule has 0 aromatic heterocycles. The minimum atomic E-state index is 0.509. The summed E-state index contributed by atoms with van der Waals surface area (Å²) in [6.45, 7) is 8.91. The third kappa shape index (κ3) is 5.49. The molecular weight excluding hydrogens is 420 g/mol. The fourth-order valence-corrected chi connectivity index (χ4v) is 3.82. The molecule has 0 heterocycles. The average Bonchev–Trinajstić information content (AvgIpc) is 2.89. The van der Waals surface area contributed by atoms with Gasteiger partial charge in [-0.2, -0.15) is 0 Å². The van der Waals surface area contributed by atoms with Gasteiger partial charge in [0.15, 0.2) is 0 Å². The fraction of sp³-hybridized carbons (Fsp3) is 0.161. The summed E-state index contributed by atoms with van der Waals surface area (Å²) in [5.41, 5.74) is 6.49. The van der Waals surface area contributed by atoms with Gasteiger partial charge in [-0.25, -0.2) is 0 Å². The van der Waals surface area contributed by atoms with Crippen LogP contribution >= 0.6 is 0 Å². The van der Waals surface area contributed by atoms with Crippen molar-refractivity contribution >= 4 is 5.76 Å². The van der Waals surface area contributed by atoms with Crippen molar-refractivity contribution in [3.05, 3.63) is 120 Å². The van der Waals surface area contributed by atoms with Gasteiger partial charge in [0.1, 0.15) is 29.6 Å². The van der Waals surface area contributed by atoms with Gasteiger partial charge < -0.3 is 14.2 Å². The summed E-state index contributed by atoms with van der Waals surface area (Å²) < 4.78 is 17.7. The standard InChI is InChI=1S/C31H30O3/c1-5-24-12-14-26(15-13-24)30-19-27(33-21-25-9-7-6-8-10-25)17-18-29(30)23(3)34-28-16-11-22(2)31(20-28)32-4/h6-20H,3,5,21H2,1-2,4H3. The van der Waals surface area contributed by atoms with Crippen LogP contribution < -0.4 is 14.2 Å². The van der Waals surface area contributed by atoms with E-state index in [4.69, 9.17) is 14.2 Å². The van der Waals surface area contributed by atoms with Crippen molar-refractivity contribution in [1.29, 1.82) is 0 Å². The fourth-order valence-electron chi connectivity index (χ4n) is 3.82. The minimum absolute atomic E-state index is 0.509. The molecule has 0 radical (unpaired) electrons. The van der Waals surface area contributed by atoms with Crippen LogP contribution in [0.5, 0.6) is 17.2 Å². The van der Waals surface area contributed by atoms with E-state index in [0.717, 1.165) is 45.7 Å². The van der Waals surface area contributed by atoms with E-state index in [2.05, 4.69) is 56.0 Å². The van der Waals surface area contributed by atoms with Crippen LogP contribution in [0.3, 0.4) is 0 Å². The SMILES string of the molecule is C=C(Oc1ccc(C)c(OC)c1)c1ccc(OCc2ccccc2)cc1-c1ccc(CC)cc1. The molecule has 34 heavy (non-hydrogen) atoms. The highest BCUT2D eigenvalue weighted by molar-refractivity contribution is 5.80. The molecular formula is C31H30O3. The summed E-state index contributed by atoms with van der Waals surface area (Å²) in [5.74, 6) is 2.83. The largest absolute Gasteiger partial charge is 0.496 e.